The highest BCUT2D eigenvalue weighted by Gasteiger charge is 2.40. The Bertz CT molecular complexity index is 695. The number of phenols is 2. The summed E-state index contributed by atoms with van der Waals surface area (Å²) in [6.07, 6.45) is 1.72. The summed E-state index contributed by atoms with van der Waals surface area (Å²) >= 11 is 0. The van der Waals surface area contributed by atoms with Gasteiger partial charge < -0.3 is 19.8 Å². The molecule has 4 heteroatoms. The molecular formula is C24H35NO3. The van der Waals surface area contributed by atoms with Gasteiger partial charge in [0.1, 0.15) is 11.5 Å². The van der Waals surface area contributed by atoms with Gasteiger partial charge in [0, 0.05) is 12.5 Å². The van der Waals surface area contributed by atoms with Crippen LogP contribution in [-0.2, 0) is 10.3 Å². The van der Waals surface area contributed by atoms with Crippen LogP contribution in [0.1, 0.15) is 57.6 Å². The van der Waals surface area contributed by atoms with Crippen LogP contribution in [0.4, 0.5) is 0 Å². The summed E-state index contributed by atoms with van der Waals surface area (Å²) in [6.45, 7) is 12.2. The Labute approximate surface area is 169 Å². The van der Waals surface area contributed by atoms with Crippen molar-refractivity contribution in [3.63, 3.8) is 0 Å². The molecule has 0 unspecified atom stereocenters. The van der Waals surface area contributed by atoms with E-state index in [2.05, 4.69) is 32.6 Å². The number of aromatic hydroxyl groups is 2. The minimum absolute atomic E-state index is 0.138. The van der Waals surface area contributed by atoms with Gasteiger partial charge in [-0.2, -0.15) is 0 Å². The molecule has 0 aliphatic carbocycles. The van der Waals surface area contributed by atoms with Crippen LogP contribution >= 0.6 is 0 Å². The van der Waals surface area contributed by atoms with Crippen LogP contribution in [0.25, 0.3) is 0 Å². The van der Waals surface area contributed by atoms with E-state index < -0.39 is 5.60 Å². The molecule has 0 aromatic heterocycles. The molecule has 0 bridgehead atoms. The maximum absolute atomic E-state index is 9.78. The molecule has 0 saturated carbocycles. The van der Waals surface area contributed by atoms with E-state index in [1.807, 2.05) is 24.3 Å². The van der Waals surface area contributed by atoms with Gasteiger partial charge in [0.15, 0.2) is 0 Å². The second-order valence-electron chi connectivity index (χ2n) is 7.22. The van der Waals surface area contributed by atoms with Crippen LogP contribution in [0.5, 0.6) is 11.5 Å². The monoisotopic (exact) mass is 385 g/mol. The molecule has 28 heavy (non-hydrogen) atoms. The third-order valence-electron chi connectivity index (χ3n) is 5.81. The van der Waals surface area contributed by atoms with E-state index in [4.69, 9.17) is 4.74 Å². The quantitative estimate of drug-likeness (QED) is 0.554. The molecule has 2 aromatic rings. The number of phenolic OH excluding ortho intramolecular Hbond substituents is 2. The molecule has 2 aromatic carbocycles. The normalized spacial score (nSPS) is 14.8. The van der Waals surface area contributed by atoms with Crippen molar-refractivity contribution in [1.82, 2.24) is 4.90 Å². The smallest absolute Gasteiger partial charge is 0.115 e. The van der Waals surface area contributed by atoms with Crippen molar-refractivity contribution < 1.29 is 14.9 Å². The number of hydrogen-bond donors (Lipinski definition) is 2. The number of benzene rings is 2. The average molecular weight is 386 g/mol. The number of nitrogens with zero attached hydrogens (tertiary/aromatic N) is 1. The van der Waals surface area contributed by atoms with E-state index in [1.54, 1.807) is 24.3 Å². The van der Waals surface area contributed by atoms with Gasteiger partial charge in [0.25, 0.3) is 0 Å². The fraction of sp³-hybridized carbons (Fsp3) is 0.500. The van der Waals surface area contributed by atoms with Gasteiger partial charge in [0.05, 0.1) is 12.2 Å². The fourth-order valence-corrected chi connectivity index (χ4v) is 4.12. The maximum atomic E-state index is 9.78. The zero-order valence-electron chi connectivity index (χ0n) is 17.7. The second kappa shape index (κ2) is 10.5. The molecular weight excluding hydrogens is 350 g/mol. The van der Waals surface area contributed by atoms with Crippen molar-refractivity contribution in [2.45, 2.75) is 52.1 Å². The zero-order chi connectivity index (χ0) is 20.6. The lowest BCUT2D eigenvalue weighted by atomic mass is 9.74. The molecule has 0 spiro atoms. The lowest BCUT2D eigenvalue weighted by Crippen LogP contribution is -2.39. The highest BCUT2D eigenvalue weighted by molar-refractivity contribution is 5.36. The third kappa shape index (κ3) is 5.06. The van der Waals surface area contributed by atoms with Crippen LogP contribution in [-0.4, -0.2) is 41.4 Å². The van der Waals surface area contributed by atoms with E-state index >= 15 is 0 Å². The molecule has 2 rings (SSSR count). The van der Waals surface area contributed by atoms with Crippen LogP contribution in [0.15, 0.2) is 48.5 Å². The predicted octanol–water partition coefficient (Wildman–Crippen LogP) is 5.26. The van der Waals surface area contributed by atoms with Gasteiger partial charge in [-0.15, -0.1) is 0 Å². The molecule has 0 fully saturated rings. The van der Waals surface area contributed by atoms with Gasteiger partial charge in [-0.25, -0.2) is 0 Å². The van der Waals surface area contributed by atoms with Gasteiger partial charge in [0.2, 0.25) is 0 Å². The van der Waals surface area contributed by atoms with E-state index in [1.165, 1.54) is 0 Å². The predicted molar refractivity (Wildman–Crippen MR) is 115 cm³/mol. The Morgan fingerprint density at radius 3 is 1.86 bits per heavy atom. The van der Waals surface area contributed by atoms with Crippen molar-refractivity contribution in [3.05, 3.63) is 59.7 Å². The minimum atomic E-state index is -0.493. The Hall–Kier alpha value is -2.04. The molecule has 0 heterocycles. The van der Waals surface area contributed by atoms with E-state index in [0.717, 1.165) is 43.6 Å². The van der Waals surface area contributed by atoms with Crippen molar-refractivity contribution in [2.24, 2.45) is 0 Å². The molecule has 0 aliphatic heterocycles. The van der Waals surface area contributed by atoms with Crippen molar-refractivity contribution in [2.75, 3.05) is 26.2 Å². The van der Waals surface area contributed by atoms with E-state index in [9.17, 15) is 10.2 Å². The lowest BCUT2D eigenvalue weighted by Gasteiger charge is -2.41. The van der Waals surface area contributed by atoms with Crippen LogP contribution in [0, 0.1) is 0 Å². The largest absolute Gasteiger partial charge is 0.508 e. The Morgan fingerprint density at radius 1 is 0.857 bits per heavy atom. The Kier molecular flexibility index (Phi) is 8.34. The summed E-state index contributed by atoms with van der Waals surface area (Å²) in [6, 6.07) is 14.9. The number of likely N-dealkylation sites (N-methyl/N-ethyl adjacent to an activating group) is 1. The summed E-state index contributed by atoms with van der Waals surface area (Å²) in [4.78, 5) is 2.36. The summed E-state index contributed by atoms with van der Waals surface area (Å²) in [5.74, 6) is 0.668. The zero-order valence-corrected chi connectivity index (χ0v) is 17.7. The number of ether oxygens (including phenoxy) is 1. The maximum Gasteiger partial charge on any atom is 0.115 e. The molecule has 0 saturated heterocycles. The molecule has 4 nitrogen and oxygen atoms in total. The topological polar surface area (TPSA) is 52.9 Å². The first kappa shape index (κ1) is 22.3. The second-order valence-corrected chi connectivity index (χ2v) is 7.22. The van der Waals surface area contributed by atoms with Gasteiger partial charge in [-0.05, 0) is 61.3 Å². The summed E-state index contributed by atoms with van der Waals surface area (Å²) in [5, 5.41) is 19.5. The van der Waals surface area contributed by atoms with Crippen molar-refractivity contribution in [1.29, 1.82) is 0 Å². The first-order chi connectivity index (χ1) is 13.5. The molecule has 2 N–H and O–H groups in total. The van der Waals surface area contributed by atoms with Crippen molar-refractivity contribution in [3.8, 4) is 11.5 Å². The van der Waals surface area contributed by atoms with Crippen LogP contribution < -0.4 is 0 Å². The minimum Gasteiger partial charge on any atom is -0.508 e. The Morgan fingerprint density at radius 2 is 1.39 bits per heavy atom. The molecule has 0 amide bonds. The summed E-state index contributed by atoms with van der Waals surface area (Å²) in [5.41, 5.74) is 1.73. The highest BCUT2D eigenvalue weighted by atomic mass is 16.5. The first-order valence-corrected chi connectivity index (χ1v) is 10.4. The van der Waals surface area contributed by atoms with Gasteiger partial charge in [-0.1, -0.05) is 52.0 Å². The van der Waals surface area contributed by atoms with Gasteiger partial charge in [-0.3, -0.25) is 0 Å². The molecule has 154 valence electrons. The average Bonchev–Trinajstić information content (AvgIpc) is 2.72. The molecule has 0 radical (unpaired) electrons. The third-order valence-corrected chi connectivity index (χ3v) is 5.81. The van der Waals surface area contributed by atoms with E-state index in [0.29, 0.717) is 6.61 Å². The molecule has 0 aliphatic rings. The van der Waals surface area contributed by atoms with Gasteiger partial charge >= 0.3 is 0 Å². The van der Waals surface area contributed by atoms with Crippen LogP contribution in [0.3, 0.4) is 0 Å². The molecule has 2 atom stereocenters. The van der Waals surface area contributed by atoms with Crippen LogP contribution in [0.2, 0.25) is 0 Å². The van der Waals surface area contributed by atoms with E-state index in [-0.39, 0.29) is 17.4 Å². The summed E-state index contributed by atoms with van der Waals surface area (Å²) < 4.78 is 6.69. The Balaban J connectivity index is 2.42. The van der Waals surface area contributed by atoms with Crippen molar-refractivity contribution >= 4 is 0 Å². The summed E-state index contributed by atoms with van der Waals surface area (Å²) in [7, 11) is 0. The SMILES string of the molecule is CC[C@@H](c1ccc(O)cc1)[C@@](CC)(OCCN(CC)CC)c1ccc(O)cc1. The lowest BCUT2D eigenvalue weighted by molar-refractivity contribution is -0.0808. The fourth-order valence-electron chi connectivity index (χ4n) is 4.12. The number of rotatable bonds is 11. The standard InChI is InChI=1S/C24H35NO3/c1-5-23(19-9-13-21(26)14-10-19)24(6-2,20-11-15-22(27)16-12-20)28-18-17-25(7-3)8-4/h9-16,23,26-27H,5-8,17-18H2,1-4H3/t23-,24-/m0/s1. The number of hydrogen-bond acceptors (Lipinski definition) is 4. The first-order valence-electron chi connectivity index (χ1n) is 10.4. The highest BCUT2D eigenvalue weighted by Crippen LogP contribution is 2.45.